The van der Waals surface area contributed by atoms with Crippen LogP contribution in [-0.4, -0.2) is 106 Å². The van der Waals surface area contributed by atoms with Crippen molar-refractivity contribution >= 4 is 21.9 Å². The number of ether oxygens (including phenoxy) is 1. The normalized spacial score (nSPS) is 23.2. The number of amides is 1. The highest BCUT2D eigenvalue weighted by Gasteiger charge is 2.38. The molecule has 0 radical (unpaired) electrons. The van der Waals surface area contributed by atoms with Gasteiger partial charge in [0.15, 0.2) is 0 Å². The number of piperidine rings is 2. The van der Waals surface area contributed by atoms with Crippen molar-refractivity contribution < 1.29 is 27.9 Å². The van der Waals surface area contributed by atoms with Gasteiger partial charge in [-0.25, -0.2) is 8.42 Å². The minimum Gasteiger partial charge on any atom is -0.497 e. The predicted octanol–water partition coefficient (Wildman–Crippen LogP) is 3.03. The number of nitrogens with one attached hydrogen (secondary N) is 3. The Hall–Kier alpha value is -3.03. The molecule has 2 aromatic rings. The Labute approximate surface area is 285 Å². The largest absolute Gasteiger partial charge is 0.497 e. The number of hydrogen-bond acceptors (Lipinski definition) is 8. The third kappa shape index (κ3) is 10.2. The van der Waals surface area contributed by atoms with Crippen LogP contribution in [0.5, 0.6) is 5.75 Å². The molecule has 3 fully saturated rings. The topological polar surface area (TPSA) is 140 Å². The van der Waals surface area contributed by atoms with Gasteiger partial charge in [-0.1, -0.05) is 29.8 Å². The molecule has 1 unspecified atom stereocenters. The molecule has 5 rings (SSSR count). The second kappa shape index (κ2) is 17.1. The standard InChI is InChI=1S/C36H53N5O6S/c1-26-5-11-33(12-6-26)48(45,46)39-34(36(43)44)23-38-35(42)22-29-15-19-41-25-30(20-28-7-9-32(47-2)10-8-28)40(24-31(41)21-29)18-3-4-27-13-16-37-17-14-27/h5-12,27,29-31,34,37,39H,3-4,13-25H2,1-2H3,(H,38,42)(H,43,44)/t29?,30-,31+,34-/m0/s1. The number of piperazine rings is 1. The number of aliphatic carboxylic acids is 1. The maximum Gasteiger partial charge on any atom is 0.323 e. The molecule has 2 aromatic carbocycles. The van der Waals surface area contributed by atoms with E-state index in [9.17, 15) is 23.1 Å². The van der Waals surface area contributed by atoms with Gasteiger partial charge in [0.2, 0.25) is 15.9 Å². The summed E-state index contributed by atoms with van der Waals surface area (Å²) < 4.78 is 33.2. The minimum atomic E-state index is -4.06. The van der Waals surface area contributed by atoms with Gasteiger partial charge < -0.3 is 20.5 Å². The highest BCUT2D eigenvalue weighted by molar-refractivity contribution is 7.89. The SMILES string of the molecule is COc1ccc(C[C@H]2CN3CCC(CC(=O)NC[C@H](NS(=O)(=O)c4ccc(C)cc4)C(=O)O)C[C@@H]3CN2CCCC2CCNCC2)cc1. The van der Waals surface area contributed by atoms with Crippen LogP contribution in [0.3, 0.4) is 0 Å². The lowest BCUT2D eigenvalue weighted by atomic mass is 9.85. The second-order valence-corrected chi connectivity index (χ2v) is 15.6. The summed E-state index contributed by atoms with van der Waals surface area (Å²) in [6.07, 6.45) is 8.09. The quantitative estimate of drug-likeness (QED) is 0.223. The lowest BCUT2D eigenvalue weighted by Gasteiger charge is -2.50. The second-order valence-electron chi connectivity index (χ2n) is 13.9. The third-order valence-electron chi connectivity index (χ3n) is 10.4. The van der Waals surface area contributed by atoms with Gasteiger partial charge in [0.05, 0.1) is 12.0 Å². The first-order chi connectivity index (χ1) is 23.1. The van der Waals surface area contributed by atoms with Crippen molar-refractivity contribution in [1.82, 2.24) is 25.2 Å². The number of fused-ring (bicyclic) bond motifs is 1. The van der Waals surface area contributed by atoms with Crippen molar-refractivity contribution in [3.05, 3.63) is 59.7 Å². The van der Waals surface area contributed by atoms with E-state index in [0.29, 0.717) is 18.5 Å². The highest BCUT2D eigenvalue weighted by atomic mass is 32.2. The number of hydrogen-bond donors (Lipinski definition) is 4. The van der Waals surface area contributed by atoms with Crippen LogP contribution >= 0.6 is 0 Å². The Morgan fingerprint density at radius 3 is 2.44 bits per heavy atom. The first-order valence-electron chi connectivity index (χ1n) is 17.5. The smallest absolute Gasteiger partial charge is 0.323 e. The number of carbonyl (C=O) groups is 2. The summed E-state index contributed by atoms with van der Waals surface area (Å²) in [7, 11) is -2.36. The minimum absolute atomic E-state index is 0.0171. The maximum atomic E-state index is 13.0. The lowest BCUT2D eigenvalue weighted by molar-refractivity contribution is -0.138. The molecule has 0 spiro atoms. The van der Waals surface area contributed by atoms with Gasteiger partial charge >= 0.3 is 5.97 Å². The number of rotatable bonds is 15. The van der Waals surface area contributed by atoms with E-state index < -0.39 is 22.0 Å². The van der Waals surface area contributed by atoms with Gasteiger partial charge in [0, 0.05) is 38.1 Å². The monoisotopic (exact) mass is 683 g/mol. The zero-order valence-electron chi connectivity index (χ0n) is 28.4. The summed E-state index contributed by atoms with van der Waals surface area (Å²) >= 11 is 0. The van der Waals surface area contributed by atoms with Crippen LogP contribution in [0.4, 0.5) is 0 Å². The van der Waals surface area contributed by atoms with Crippen LogP contribution in [0.1, 0.15) is 56.1 Å². The molecule has 3 saturated heterocycles. The Balaban J connectivity index is 1.14. The molecule has 0 bridgehead atoms. The Bertz CT molecular complexity index is 1450. The van der Waals surface area contributed by atoms with Crippen molar-refractivity contribution in [2.24, 2.45) is 11.8 Å². The molecular formula is C36H53N5O6S. The van der Waals surface area contributed by atoms with Crippen molar-refractivity contribution in [3.63, 3.8) is 0 Å². The summed E-state index contributed by atoms with van der Waals surface area (Å²) in [5, 5.41) is 15.9. The molecule has 12 heteroatoms. The average molecular weight is 684 g/mol. The molecule has 0 aliphatic carbocycles. The molecule has 264 valence electrons. The summed E-state index contributed by atoms with van der Waals surface area (Å²) in [4.78, 5) is 30.2. The number of sulfonamides is 1. The van der Waals surface area contributed by atoms with E-state index in [1.165, 1.54) is 43.4 Å². The number of benzene rings is 2. The Morgan fingerprint density at radius 2 is 1.75 bits per heavy atom. The summed E-state index contributed by atoms with van der Waals surface area (Å²) in [6, 6.07) is 13.9. The first kappa shape index (κ1) is 36.3. The molecule has 1 amide bonds. The molecule has 0 aromatic heterocycles. The maximum absolute atomic E-state index is 13.0. The first-order valence-corrected chi connectivity index (χ1v) is 19.0. The third-order valence-corrected chi connectivity index (χ3v) is 11.9. The number of carboxylic acids is 1. The summed E-state index contributed by atoms with van der Waals surface area (Å²) in [5.41, 5.74) is 2.21. The Morgan fingerprint density at radius 1 is 1.02 bits per heavy atom. The molecular weight excluding hydrogens is 630 g/mol. The molecule has 4 N–H and O–H groups in total. The van der Waals surface area contributed by atoms with Crippen molar-refractivity contribution in [1.29, 1.82) is 0 Å². The molecule has 3 aliphatic heterocycles. The van der Waals surface area contributed by atoms with E-state index in [1.807, 2.05) is 19.1 Å². The van der Waals surface area contributed by atoms with Gasteiger partial charge in [0.25, 0.3) is 0 Å². The molecule has 11 nitrogen and oxygen atoms in total. The zero-order chi connectivity index (χ0) is 34.1. The fraction of sp³-hybridized carbons (Fsp3) is 0.611. The van der Waals surface area contributed by atoms with Gasteiger partial charge in [-0.3, -0.25) is 19.4 Å². The van der Waals surface area contributed by atoms with Crippen LogP contribution in [0.2, 0.25) is 0 Å². The molecule has 4 atom stereocenters. The van der Waals surface area contributed by atoms with Gasteiger partial charge in [-0.05, 0) is 120 Å². The number of nitrogens with zero attached hydrogens (tertiary/aromatic N) is 2. The number of carboxylic acid groups (broad SMARTS) is 1. The van der Waals surface area contributed by atoms with Crippen molar-refractivity contribution in [2.75, 3.05) is 52.9 Å². The van der Waals surface area contributed by atoms with E-state index in [0.717, 1.165) is 75.8 Å². The molecule has 3 aliphatic rings. The number of carbonyl (C=O) groups excluding carboxylic acids is 1. The van der Waals surface area contributed by atoms with Gasteiger partial charge in [0.1, 0.15) is 11.8 Å². The van der Waals surface area contributed by atoms with E-state index in [1.54, 1.807) is 19.2 Å². The fourth-order valence-corrected chi connectivity index (χ4v) is 8.75. The van der Waals surface area contributed by atoms with Crippen molar-refractivity contribution in [3.8, 4) is 5.75 Å². The molecule has 0 saturated carbocycles. The lowest BCUT2D eigenvalue weighted by Crippen LogP contribution is -2.61. The molecule has 3 heterocycles. The van der Waals surface area contributed by atoms with E-state index in [4.69, 9.17) is 4.74 Å². The number of methoxy groups -OCH3 is 1. The van der Waals surface area contributed by atoms with Crippen LogP contribution in [-0.2, 0) is 26.0 Å². The van der Waals surface area contributed by atoms with Crippen LogP contribution in [0.15, 0.2) is 53.4 Å². The predicted molar refractivity (Wildman–Crippen MR) is 186 cm³/mol. The van der Waals surface area contributed by atoms with E-state index in [2.05, 4.69) is 37.3 Å². The van der Waals surface area contributed by atoms with Crippen LogP contribution < -0.4 is 20.1 Å². The molecule has 48 heavy (non-hydrogen) atoms. The summed E-state index contributed by atoms with van der Waals surface area (Å²) in [5.74, 6) is 0.277. The van der Waals surface area contributed by atoms with Crippen LogP contribution in [0, 0.1) is 18.8 Å². The number of aryl methyl sites for hydroxylation is 1. The van der Waals surface area contributed by atoms with Crippen LogP contribution in [0.25, 0.3) is 0 Å². The average Bonchev–Trinajstić information content (AvgIpc) is 3.07. The summed E-state index contributed by atoms with van der Waals surface area (Å²) in [6.45, 7) is 7.76. The fourth-order valence-electron chi connectivity index (χ4n) is 7.56. The Kier molecular flexibility index (Phi) is 12.9. The highest BCUT2D eigenvalue weighted by Crippen LogP contribution is 2.31. The van der Waals surface area contributed by atoms with Gasteiger partial charge in [-0.2, -0.15) is 4.72 Å². The zero-order valence-corrected chi connectivity index (χ0v) is 29.2. The van der Waals surface area contributed by atoms with E-state index >= 15 is 0 Å². The van der Waals surface area contributed by atoms with Gasteiger partial charge in [-0.15, -0.1) is 0 Å². The van der Waals surface area contributed by atoms with E-state index in [-0.39, 0.29) is 23.3 Å². The van der Waals surface area contributed by atoms with Crippen molar-refractivity contribution in [2.45, 2.75) is 81.3 Å².